The zero-order valence-corrected chi connectivity index (χ0v) is 26.9. The third-order valence-electron chi connectivity index (χ3n) is 9.88. The maximum atomic E-state index is 14.1. The van der Waals surface area contributed by atoms with E-state index in [1.807, 2.05) is 19.1 Å². The molecular formula is C36H40N4O5. The molecule has 45 heavy (non-hydrogen) atoms. The van der Waals surface area contributed by atoms with Crippen LogP contribution in [-0.2, 0) is 19.1 Å². The number of hydrogen-bond donors (Lipinski definition) is 4. The third-order valence-corrected chi connectivity index (χ3v) is 9.88. The Morgan fingerprint density at radius 2 is 1.60 bits per heavy atom. The van der Waals surface area contributed by atoms with E-state index in [4.69, 9.17) is 9.47 Å². The van der Waals surface area contributed by atoms with Crippen LogP contribution in [0.15, 0.2) is 18.0 Å². The fourth-order valence-corrected chi connectivity index (χ4v) is 7.13. The molecule has 1 aliphatic carbocycles. The Labute approximate surface area is 262 Å². The van der Waals surface area contributed by atoms with E-state index in [1.54, 1.807) is 6.92 Å². The van der Waals surface area contributed by atoms with E-state index in [1.165, 1.54) is 7.11 Å². The smallest absolute Gasteiger partial charge is 0.321 e. The molecule has 3 aromatic heterocycles. The molecule has 234 valence electrons. The van der Waals surface area contributed by atoms with Crippen molar-refractivity contribution in [1.29, 1.82) is 0 Å². The second-order valence-corrected chi connectivity index (χ2v) is 12.2. The molecular weight excluding hydrogens is 568 g/mol. The summed E-state index contributed by atoms with van der Waals surface area (Å²) in [6, 6.07) is 0. The van der Waals surface area contributed by atoms with E-state index in [0.717, 1.165) is 67.0 Å². The maximum Gasteiger partial charge on any atom is 0.321 e. The van der Waals surface area contributed by atoms with Gasteiger partial charge in [-0.1, -0.05) is 19.6 Å². The molecule has 0 spiro atoms. The number of fused-ring (bicyclic) bond motifs is 7. The van der Waals surface area contributed by atoms with Gasteiger partial charge in [0.1, 0.15) is 5.92 Å². The monoisotopic (exact) mass is 608 g/mol. The molecule has 5 heterocycles. The summed E-state index contributed by atoms with van der Waals surface area (Å²) in [6.45, 7) is 16.4. The summed E-state index contributed by atoms with van der Waals surface area (Å²) in [6.07, 6.45) is 8.77. The number of nitrogens with one attached hydrogen (secondary N) is 4. The number of carbonyl (C=O) groups excluding carboxylic acids is 3. The van der Waals surface area contributed by atoms with Crippen molar-refractivity contribution >= 4 is 47.6 Å². The molecule has 0 saturated carbocycles. The maximum absolute atomic E-state index is 14.1. The third kappa shape index (κ3) is 4.72. The van der Waals surface area contributed by atoms with Crippen LogP contribution in [0.25, 0.3) is 29.9 Å². The number of methoxy groups -OCH3 is 1. The first-order valence-electron chi connectivity index (χ1n) is 15.5. The minimum absolute atomic E-state index is 0.0603. The zero-order valence-electron chi connectivity index (χ0n) is 26.9. The number of allylic oxidation sites excluding steroid dienone is 2. The summed E-state index contributed by atoms with van der Waals surface area (Å²) in [5.41, 5.74) is 11.0. The summed E-state index contributed by atoms with van der Waals surface area (Å²) >= 11 is 0. The molecule has 3 aliphatic rings. The van der Waals surface area contributed by atoms with Gasteiger partial charge in [0.05, 0.1) is 19.4 Å². The van der Waals surface area contributed by atoms with Gasteiger partial charge in [0.2, 0.25) is 0 Å². The lowest BCUT2D eigenvalue weighted by atomic mass is 9.85. The summed E-state index contributed by atoms with van der Waals surface area (Å²) in [5.74, 6) is -2.56. The average molecular weight is 609 g/mol. The lowest BCUT2D eigenvalue weighted by Crippen LogP contribution is -2.25. The molecule has 0 unspecified atom stereocenters. The SMILES string of the molecule is C=Cc1c2[nH]c(c1C)/C=C1\N/C(=C3\c4[nH]c(c(C)c4C(=O)[C@@H]3C(=O)OC)/C=c3\[nH]/c(c(C)c3C)=C\2)[C@@H](CCC(=O)OCC)[C@@H]1C. The minimum Gasteiger partial charge on any atom is -0.468 e. The van der Waals surface area contributed by atoms with Gasteiger partial charge in [-0.05, 0) is 81.5 Å². The standard InChI is InChI=1S/C36H40N4O5/c1-9-21-18(5)25-14-26-19(6)22(11-12-29(41)45-10-2)33(39-26)31-32(36(43)44-8)35(42)30-20(7)27(40-34(30)31)13-23-16(3)17(4)24(37-23)15-28(21)38-25/h9,13-15,19,22,32,37-40H,1,10-12H2,2-8H3/b23-13-,24-15-,26-14-,33-31-/t19-,22-,32+/m0/s1. The number of ketones is 1. The van der Waals surface area contributed by atoms with Gasteiger partial charge in [0, 0.05) is 74.1 Å². The Morgan fingerprint density at radius 3 is 2.24 bits per heavy atom. The Bertz CT molecular complexity index is 1980. The summed E-state index contributed by atoms with van der Waals surface area (Å²) in [5, 5.41) is 5.53. The molecule has 3 aromatic rings. The van der Waals surface area contributed by atoms with Crippen LogP contribution in [0, 0.1) is 45.4 Å². The van der Waals surface area contributed by atoms with Gasteiger partial charge in [-0.25, -0.2) is 0 Å². The summed E-state index contributed by atoms with van der Waals surface area (Å²) in [4.78, 5) is 50.6. The summed E-state index contributed by atoms with van der Waals surface area (Å²) in [7, 11) is 1.30. The van der Waals surface area contributed by atoms with E-state index in [9.17, 15) is 14.4 Å². The molecule has 1 saturated heterocycles. The molecule has 3 atom stereocenters. The Morgan fingerprint density at radius 1 is 0.933 bits per heavy atom. The van der Waals surface area contributed by atoms with Crippen molar-refractivity contribution in [1.82, 2.24) is 20.3 Å². The average Bonchev–Trinajstić information content (AvgIpc) is 3.74. The van der Waals surface area contributed by atoms with Gasteiger partial charge in [0.15, 0.2) is 5.78 Å². The number of ether oxygens (including phenoxy) is 2. The molecule has 0 radical (unpaired) electrons. The Kier molecular flexibility index (Phi) is 7.59. The molecule has 0 amide bonds. The fourth-order valence-electron chi connectivity index (χ4n) is 7.13. The van der Waals surface area contributed by atoms with Crippen LogP contribution in [0.2, 0.25) is 0 Å². The van der Waals surface area contributed by atoms with Gasteiger partial charge >= 0.3 is 11.9 Å². The molecule has 9 nitrogen and oxygen atoms in total. The number of hydrogen-bond acceptors (Lipinski definition) is 6. The number of rotatable bonds is 6. The van der Waals surface area contributed by atoms with E-state index in [0.29, 0.717) is 29.9 Å². The van der Waals surface area contributed by atoms with Crippen molar-refractivity contribution in [2.24, 2.45) is 17.8 Å². The highest BCUT2D eigenvalue weighted by Gasteiger charge is 2.48. The van der Waals surface area contributed by atoms with E-state index in [-0.39, 0.29) is 30.0 Å². The molecule has 2 aliphatic heterocycles. The number of carbonyl (C=O) groups is 3. The Balaban J connectivity index is 1.69. The molecule has 8 bridgehead atoms. The van der Waals surface area contributed by atoms with E-state index < -0.39 is 11.9 Å². The van der Waals surface area contributed by atoms with E-state index in [2.05, 4.69) is 66.7 Å². The number of aromatic nitrogens is 3. The van der Waals surface area contributed by atoms with Crippen molar-refractivity contribution in [2.75, 3.05) is 13.7 Å². The van der Waals surface area contributed by atoms with E-state index >= 15 is 0 Å². The normalized spacial score (nSPS) is 24.2. The van der Waals surface area contributed by atoms with Crippen molar-refractivity contribution in [3.8, 4) is 0 Å². The van der Waals surface area contributed by atoms with Crippen LogP contribution < -0.4 is 16.0 Å². The predicted octanol–water partition coefficient (Wildman–Crippen LogP) is 4.46. The number of H-pyrrole nitrogens is 3. The first-order chi connectivity index (χ1) is 21.5. The predicted molar refractivity (Wildman–Crippen MR) is 174 cm³/mol. The highest BCUT2D eigenvalue weighted by atomic mass is 16.5. The van der Waals surface area contributed by atoms with Crippen LogP contribution in [0.1, 0.15) is 87.6 Å². The largest absolute Gasteiger partial charge is 0.468 e. The highest BCUT2D eigenvalue weighted by molar-refractivity contribution is 6.24. The number of esters is 2. The van der Waals surface area contributed by atoms with Crippen molar-refractivity contribution in [3.63, 3.8) is 0 Å². The molecule has 4 N–H and O–H groups in total. The van der Waals surface area contributed by atoms with Crippen molar-refractivity contribution < 1.29 is 23.9 Å². The minimum atomic E-state index is -1.12. The van der Waals surface area contributed by atoms with Crippen LogP contribution in [0.4, 0.5) is 0 Å². The van der Waals surface area contributed by atoms with Gasteiger partial charge in [-0.3, -0.25) is 14.4 Å². The Hall–Kier alpha value is -4.79. The highest BCUT2D eigenvalue weighted by Crippen LogP contribution is 2.48. The van der Waals surface area contributed by atoms with Crippen LogP contribution in [-0.4, -0.2) is 46.4 Å². The zero-order chi connectivity index (χ0) is 32.3. The first-order valence-corrected chi connectivity index (χ1v) is 15.5. The first kappa shape index (κ1) is 30.2. The van der Waals surface area contributed by atoms with Gasteiger partial charge in [-0.15, -0.1) is 0 Å². The number of aromatic amines is 3. The topological polar surface area (TPSA) is 129 Å². The van der Waals surface area contributed by atoms with Crippen molar-refractivity contribution in [3.05, 3.63) is 84.8 Å². The molecule has 9 heteroatoms. The van der Waals surface area contributed by atoms with Gasteiger partial charge in [0.25, 0.3) is 0 Å². The van der Waals surface area contributed by atoms with Crippen molar-refractivity contribution in [2.45, 2.75) is 54.4 Å². The quantitative estimate of drug-likeness (QED) is 0.242. The molecule has 0 aromatic carbocycles. The second kappa shape index (κ2) is 11.3. The van der Waals surface area contributed by atoms with Crippen LogP contribution in [0.5, 0.6) is 0 Å². The number of Topliss-reactive ketones (excluding diaryl/α,β-unsaturated/α-hetero) is 1. The van der Waals surface area contributed by atoms with Gasteiger partial charge < -0.3 is 29.7 Å². The summed E-state index contributed by atoms with van der Waals surface area (Å²) < 4.78 is 10.4. The van der Waals surface area contributed by atoms with Crippen LogP contribution >= 0.6 is 0 Å². The fraction of sp³-hybridized carbons (Fsp3) is 0.361. The lowest BCUT2D eigenvalue weighted by Gasteiger charge is -2.19. The molecule has 6 rings (SSSR count). The lowest BCUT2D eigenvalue weighted by molar-refractivity contribution is -0.143. The van der Waals surface area contributed by atoms with Gasteiger partial charge in [-0.2, -0.15) is 0 Å². The molecule has 1 fully saturated rings. The second-order valence-electron chi connectivity index (χ2n) is 12.2. The van der Waals surface area contributed by atoms with Crippen LogP contribution in [0.3, 0.4) is 0 Å².